The van der Waals surface area contributed by atoms with Crippen LogP contribution in [0.25, 0.3) is 0 Å². The van der Waals surface area contributed by atoms with Gasteiger partial charge in [-0.05, 0) is 26.7 Å². The second-order valence-corrected chi connectivity index (χ2v) is 3.68. The van der Waals surface area contributed by atoms with Gasteiger partial charge in [-0.1, -0.05) is 20.8 Å². The van der Waals surface area contributed by atoms with Gasteiger partial charge in [-0.3, -0.25) is 4.79 Å². The fourth-order valence-corrected chi connectivity index (χ4v) is 1.53. The molecule has 0 aromatic carbocycles. The maximum atomic E-state index is 11.1. The van der Waals surface area contributed by atoms with Crippen molar-refractivity contribution < 1.29 is 4.79 Å². The first-order chi connectivity index (χ1) is 5.55. The smallest absolute Gasteiger partial charge is 0.223 e. The van der Waals surface area contributed by atoms with Crippen molar-refractivity contribution in [3.05, 3.63) is 0 Å². The van der Waals surface area contributed by atoms with Crippen molar-refractivity contribution in [2.45, 2.75) is 53.0 Å². The van der Waals surface area contributed by atoms with Crippen LogP contribution in [-0.2, 0) is 4.79 Å². The van der Waals surface area contributed by atoms with E-state index >= 15 is 0 Å². The SMILES string of the molecule is CC.CCC1CC(C)(C)NC1=O. The lowest BCUT2D eigenvalue weighted by molar-refractivity contribution is -0.122. The van der Waals surface area contributed by atoms with Crippen molar-refractivity contribution in [1.29, 1.82) is 0 Å². The maximum Gasteiger partial charge on any atom is 0.223 e. The molecule has 0 aromatic rings. The minimum absolute atomic E-state index is 0.0394. The molecule has 2 heteroatoms. The Morgan fingerprint density at radius 2 is 2.00 bits per heavy atom. The van der Waals surface area contributed by atoms with E-state index in [1.54, 1.807) is 0 Å². The molecule has 0 aromatic heterocycles. The molecule has 1 saturated heterocycles. The van der Waals surface area contributed by atoms with E-state index in [1.165, 1.54) is 0 Å². The Hall–Kier alpha value is -0.530. The third kappa shape index (κ3) is 2.84. The predicted octanol–water partition coefficient (Wildman–Crippen LogP) is 2.34. The van der Waals surface area contributed by atoms with Gasteiger partial charge in [-0.15, -0.1) is 0 Å². The fourth-order valence-electron chi connectivity index (χ4n) is 1.53. The minimum Gasteiger partial charge on any atom is -0.351 e. The molecule has 1 atom stereocenters. The lowest BCUT2D eigenvalue weighted by atomic mass is 9.95. The summed E-state index contributed by atoms with van der Waals surface area (Å²) < 4.78 is 0. The number of rotatable bonds is 1. The quantitative estimate of drug-likeness (QED) is 0.644. The number of hydrogen-bond donors (Lipinski definition) is 1. The minimum atomic E-state index is 0.0394. The third-order valence-electron chi connectivity index (χ3n) is 2.08. The Kier molecular flexibility index (Phi) is 4.29. The summed E-state index contributed by atoms with van der Waals surface area (Å²) in [7, 11) is 0. The standard InChI is InChI=1S/C8H15NO.C2H6/c1-4-6-5-8(2,3)9-7(6)10;1-2/h6H,4-5H2,1-3H3,(H,9,10);1-2H3. The molecule has 1 rings (SSSR count). The van der Waals surface area contributed by atoms with Gasteiger partial charge in [0.1, 0.15) is 0 Å². The molecule has 1 amide bonds. The normalized spacial score (nSPS) is 25.8. The topological polar surface area (TPSA) is 29.1 Å². The summed E-state index contributed by atoms with van der Waals surface area (Å²) in [6.45, 7) is 10.2. The van der Waals surface area contributed by atoms with E-state index in [9.17, 15) is 4.79 Å². The summed E-state index contributed by atoms with van der Waals surface area (Å²) in [5.41, 5.74) is 0.0394. The number of hydrogen-bond acceptors (Lipinski definition) is 1. The molecule has 2 nitrogen and oxygen atoms in total. The highest BCUT2D eigenvalue weighted by Gasteiger charge is 2.35. The second-order valence-electron chi connectivity index (χ2n) is 3.68. The van der Waals surface area contributed by atoms with Gasteiger partial charge in [0.15, 0.2) is 0 Å². The van der Waals surface area contributed by atoms with Crippen LogP contribution in [0.4, 0.5) is 0 Å². The van der Waals surface area contributed by atoms with Gasteiger partial charge in [0, 0.05) is 11.5 Å². The van der Waals surface area contributed by atoms with E-state index in [0.29, 0.717) is 0 Å². The number of amides is 1. The molecule has 1 heterocycles. The molecule has 0 radical (unpaired) electrons. The van der Waals surface area contributed by atoms with Gasteiger partial charge < -0.3 is 5.32 Å². The summed E-state index contributed by atoms with van der Waals surface area (Å²) >= 11 is 0. The van der Waals surface area contributed by atoms with E-state index in [0.717, 1.165) is 12.8 Å². The van der Waals surface area contributed by atoms with Gasteiger partial charge in [0.25, 0.3) is 0 Å². The zero-order chi connectivity index (χ0) is 9.78. The highest BCUT2D eigenvalue weighted by molar-refractivity contribution is 5.81. The highest BCUT2D eigenvalue weighted by Crippen LogP contribution is 2.25. The molecule has 1 N–H and O–H groups in total. The van der Waals surface area contributed by atoms with E-state index in [4.69, 9.17) is 0 Å². The monoisotopic (exact) mass is 171 g/mol. The Morgan fingerprint density at radius 1 is 1.50 bits per heavy atom. The molecule has 1 unspecified atom stereocenters. The molecular formula is C10H21NO. The average Bonchev–Trinajstić information content (AvgIpc) is 2.28. The van der Waals surface area contributed by atoms with Crippen LogP contribution < -0.4 is 5.32 Å². The van der Waals surface area contributed by atoms with E-state index < -0.39 is 0 Å². The Labute approximate surface area is 75.7 Å². The Morgan fingerprint density at radius 3 is 2.17 bits per heavy atom. The van der Waals surface area contributed by atoms with Crippen molar-refractivity contribution >= 4 is 5.91 Å². The maximum absolute atomic E-state index is 11.1. The highest BCUT2D eigenvalue weighted by atomic mass is 16.2. The van der Waals surface area contributed by atoms with Crippen molar-refractivity contribution in [2.75, 3.05) is 0 Å². The predicted molar refractivity (Wildman–Crippen MR) is 52.0 cm³/mol. The van der Waals surface area contributed by atoms with Gasteiger partial charge in [0.2, 0.25) is 5.91 Å². The number of carbonyl (C=O) groups excluding carboxylic acids is 1. The van der Waals surface area contributed by atoms with E-state index in [1.807, 2.05) is 13.8 Å². The number of carbonyl (C=O) groups is 1. The summed E-state index contributed by atoms with van der Waals surface area (Å²) in [5, 5.41) is 2.96. The molecule has 72 valence electrons. The molecule has 0 aliphatic carbocycles. The van der Waals surface area contributed by atoms with Gasteiger partial charge in [-0.25, -0.2) is 0 Å². The van der Waals surface area contributed by atoms with Crippen LogP contribution in [0.5, 0.6) is 0 Å². The van der Waals surface area contributed by atoms with Crippen LogP contribution in [0.2, 0.25) is 0 Å². The van der Waals surface area contributed by atoms with Crippen LogP contribution in [0.3, 0.4) is 0 Å². The van der Waals surface area contributed by atoms with Crippen LogP contribution in [0.15, 0.2) is 0 Å². The largest absolute Gasteiger partial charge is 0.351 e. The number of nitrogens with one attached hydrogen (secondary N) is 1. The van der Waals surface area contributed by atoms with Crippen molar-refractivity contribution in [3.8, 4) is 0 Å². The zero-order valence-electron chi connectivity index (χ0n) is 8.90. The third-order valence-corrected chi connectivity index (χ3v) is 2.08. The molecule has 1 aliphatic rings. The van der Waals surface area contributed by atoms with Crippen LogP contribution in [0.1, 0.15) is 47.5 Å². The Bertz CT molecular complexity index is 152. The zero-order valence-corrected chi connectivity index (χ0v) is 8.90. The van der Waals surface area contributed by atoms with Crippen LogP contribution in [-0.4, -0.2) is 11.4 Å². The summed E-state index contributed by atoms with van der Waals surface area (Å²) in [5.74, 6) is 0.488. The van der Waals surface area contributed by atoms with Crippen LogP contribution >= 0.6 is 0 Å². The van der Waals surface area contributed by atoms with Crippen molar-refractivity contribution in [3.63, 3.8) is 0 Å². The summed E-state index contributed by atoms with van der Waals surface area (Å²) in [4.78, 5) is 11.1. The first kappa shape index (κ1) is 11.5. The van der Waals surface area contributed by atoms with E-state index in [-0.39, 0.29) is 17.4 Å². The lowest BCUT2D eigenvalue weighted by Gasteiger charge is -2.15. The van der Waals surface area contributed by atoms with Gasteiger partial charge >= 0.3 is 0 Å². The Balaban J connectivity index is 0.000000561. The fraction of sp³-hybridized carbons (Fsp3) is 0.900. The summed E-state index contributed by atoms with van der Waals surface area (Å²) in [6, 6.07) is 0. The van der Waals surface area contributed by atoms with Crippen LogP contribution in [0, 0.1) is 5.92 Å². The van der Waals surface area contributed by atoms with Crippen molar-refractivity contribution in [2.24, 2.45) is 5.92 Å². The molecule has 0 bridgehead atoms. The molecular weight excluding hydrogens is 150 g/mol. The van der Waals surface area contributed by atoms with Crippen molar-refractivity contribution in [1.82, 2.24) is 5.32 Å². The second kappa shape index (κ2) is 4.48. The lowest BCUT2D eigenvalue weighted by Crippen LogP contribution is -2.34. The average molecular weight is 171 g/mol. The van der Waals surface area contributed by atoms with E-state index in [2.05, 4.69) is 26.1 Å². The van der Waals surface area contributed by atoms with Gasteiger partial charge in [-0.2, -0.15) is 0 Å². The first-order valence-electron chi connectivity index (χ1n) is 4.87. The molecule has 12 heavy (non-hydrogen) atoms. The molecule has 0 saturated carbocycles. The molecule has 1 aliphatic heterocycles. The summed E-state index contributed by atoms with van der Waals surface area (Å²) in [6.07, 6.45) is 1.96. The molecule has 0 spiro atoms. The first-order valence-corrected chi connectivity index (χ1v) is 4.87. The molecule has 1 fully saturated rings. The van der Waals surface area contributed by atoms with Gasteiger partial charge in [0.05, 0.1) is 0 Å².